The number of pyridine rings is 1. The van der Waals surface area contributed by atoms with Crippen molar-refractivity contribution < 1.29 is 9.53 Å². The van der Waals surface area contributed by atoms with Crippen LogP contribution in [0.1, 0.15) is 13.3 Å². The monoisotopic (exact) mass is 291 g/mol. The van der Waals surface area contributed by atoms with E-state index >= 15 is 0 Å². The Morgan fingerprint density at radius 2 is 2.33 bits per heavy atom. The van der Waals surface area contributed by atoms with Gasteiger partial charge in [-0.2, -0.15) is 0 Å². The van der Waals surface area contributed by atoms with E-state index in [-0.39, 0.29) is 18.4 Å². The standard InChI is InChI=1S/C11H15Cl2N3O2/c1-2-9(14)10(17)15-3-4-18-11-8(13)5-7(12)6-16-11/h5-6,9H,2-4,14H2,1H3,(H,15,17)/t9-/m0/s1. The molecular weight excluding hydrogens is 277 g/mol. The third-order valence-electron chi connectivity index (χ3n) is 2.19. The van der Waals surface area contributed by atoms with Crippen LogP contribution in [-0.2, 0) is 4.79 Å². The number of nitrogens with two attached hydrogens (primary N) is 1. The second-order valence-corrected chi connectivity index (χ2v) is 4.44. The van der Waals surface area contributed by atoms with Crippen LogP contribution in [0.3, 0.4) is 0 Å². The molecule has 0 bridgehead atoms. The molecule has 0 radical (unpaired) electrons. The van der Waals surface area contributed by atoms with Crippen molar-refractivity contribution in [1.82, 2.24) is 10.3 Å². The molecule has 0 unspecified atom stereocenters. The van der Waals surface area contributed by atoms with Crippen molar-refractivity contribution in [2.75, 3.05) is 13.2 Å². The van der Waals surface area contributed by atoms with E-state index in [1.54, 1.807) is 0 Å². The SMILES string of the molecule is CC[C@H](N)C(=O)NCCOc1ncc(Cl)cc1Cl. The molecule has 0 aromatic carbocycles. The first kappa shape index (κ1) is 15.0. The average Bonchev–Trinajstić information content (AvgIpc) is 2.35. The summed E-state index contributed by atoms with van der Waals surface area (Å²) in [6.45, 7) is 2.45. The lowest BCUT2D eigenvalue weighted by Gasteiger charge is -2.11. The summed E-state index contributed by atoms with van der Waals surface area (Å²) in [4.78, 5) is 15.3. The first-order valence-electron chi connectivity index (χ1n) is 5.51. The molecule has 1 heterocycles. The van der Waals surface area contributed by atoms with Crippen LogP contribution in [0.4, 0.5) is 0 Å². The number of carbonyl (C=O) groups excluding carboxylic acids is 1. The lowest BCUT2D eigenvalue weighted by Crippen LogP contribution is -2.41. The smallest absolute Gasteiger partial charge is 0.237 e. The van der Waals surface area contributed by atoms with E-state index < -0.39 is 6.04 Å². The van der Waals surface area contributed by atoms with Gasteiger partial charge in [0.15, 0.2) is 0 Å². The van der Waals surface area contributed by atoms with E-state index in [9.17, 15) is 4.79 Å². The molecule has 1 aromatic rings. The maximum absolute atomic E-state index is 11.3. The number of nitrogens with zero attached hydrogens (tertiary/aromatic N) is 1. The first-order chi connectivity index (χ1) is 8.54. The molecule has 0 fully saturated rings. The van der Waals surface area contributed by atoms with Crippen LogP contribution in [-0.4, -0.2) is 30.1 Å². The fourth-order valence-electron chi connectivity index (χ4n) is 1.15. The van der Waals surface area contributed by atoms with Gasteiger partial charge in [-0.3, -0.25) is 4.79 Å². The van der Waals surface area contributed by atoms with Gasteiger partial charge in [0.2, 0.25) is 11.8 Å². The number of rotatable bonds is 6. The summed E-state index contributed by atoms with van der Waals surface area (Å²) in [7, 11) is 0. The van der Waals surface area contributed by atoms with Gasteiger partial charge < -0.3 is 15.8 Å². The van der Waals surface area contributed by atoms with Crippen molar-refractivity contribution in [3.8, 4) is 5.88 Å². The van der Waals surface area contributed by atoms with Gasteiger partial charge in [-0.1, -0.05) is 30.1 Å². The van der Waals surface area contributed by atoms with Crippen molar-refractivity contribution in [3.63, 3.8) is 0 Å². The Balaban J connectivity index is 2.32. The predicted octanol–water partition coefficient (Wildman–Crippen LogP) is 1.62. The number of nitrogens with one attached hydrogen (secondary N) is 1. The van der Waals surface area contributed by atoms with Gasteiger partial charge in [0.25, 0.3) is 0 Å². The normalized spacial score (nSPS) is 12.0. The summed E-state index contributed by atoms with van der Waals surface area (Å²) in [5.41, 5.74) is 5.55. The van der Waals surface area contributed by atoms with E-state index in [0.717, 1.165) is 0 Å². The zero-order valence-electron chi connectivity index (χ0n) is 9.95. The van der Waals surface area contributed by atoms with Gasteiger partial charge in [0, 0.05) is 6.20 Å². The largest absolute Gasteiger partial charge is 0.475 e. The molecule has 18 heavy (non-hydrogen) atoms. The lowest BCUT2D eigenvalue weighted by atomic mass is 10.2. The van der Waals surface area contributed by atoms with Crippen LogP contribution >= 0.6 is 23.2 Å². The van der Waals surface area contributed by atoms with Gasteiger partial charge in [-0.25, -0.2) is 4.98 Å². The Labute approximate surface area is 116 Å². The minimum Gasteiger partial charge on any atom is -0.475 e. The van der Waals surface area contributed by atoms with Crippen LogP contribution in [0, 0.1) is 0 Å². The van der Waals surface area contributed by atoms with Crippen LogP contribution in [0.15, 0.2) is 12.3 Å². The minimum atomic E-state index is -0.484. The Kier molecular flexibility index (Phi) is 6.18. The third kappa shape index (κ3) is 4.68. The number of aromatic nitrogens is 1. The predicted molar refractivity (Wildman–Crippen MR) is 71.0 cm³/mol. The zero-order valence-corrected chi connectivity index (χ0v) is 11.5. The highest BCUT2D eigenvalue weighted by Gasteiger charge is 2.10. The molecule has 3 N–H and O–H groups in total. The van der Waals surface area contributed by atoms with E-state index in [4.69, 9.17) is 33.7 Å². The van der Waals surface area contributed by atoms with Crippen LogP contribution in [0.5, 0.6) is 5.88 Å². The molecule has 0 aliphatic rings. The second-order valence-electron chi connectivity index (χ2n) is 3.59. The maximum atomic E-state index is 11.3. The number of hydrogen-bond acceptors (Lipinski definition) is 4. The third-order valence-corrected chi connectivity index (χ3v) is 2.67. The quantitative estimate of drug-likeness (QED) is 0.781. The summed E-state index contributed by atoms with van der Waals surface area (Å²) in [6.07, 6.45) is 2.03. The minimum absolute atomic E-state index is 0.198. The summed E-state index contributed by atoms with van der Waals surface area (Å²) in [5, 5.41) is 3.42. The molecule has 0 saturated heterocycles. The topological polar surface area (TPSA) is 77.2 Å². The fourth-order valence-corrected chi connectivity index (χ4v) is 1.58. The van der Waals surface area contributed by atoms with Gasteiger partial charge in [-0.05, 0) is 12.5 Å². The van der Waals surface area contributed by atoms with Gasteiger partial charge in [-0.15, -0.1) is 0 Å². The van der Waals surface area contributed by atoms with E-state index in [1.807, 2.05) is 6.92 Å². The molecule has 1 aromatic heterocycles. The lowest BCUT2D eigenvalue weighted by molar-refractivity contribution is -0.122. The van der Waals surface area contributed by atoms with Crippen LogP contribution < -0.4 is 15.8 Å². The van der Waals surface area contributed by atoms with Gasteiger partial charge in [0.1, 0.15) is 11.6 Å². The van der Waals surface area contributed by atoms with E-state index in [2.05, 4.69) is 10.3 Å². The van der Waals surface area contributed by atoms with Crippen molar-refractivity contribution >= 4 is 29.1 Å². The number of carbonyl (C=O) groups is 1. The molecule has 1 rings (SSSR count). The number of hydrogen-bond donors (Lipinski definition) is 2. The van der Waals surface area contributed by atoms with Gasteiger partial charge in [0.05, 0.1) is 17.6 Å². The van der Waals surface area contributed by atoms with Crippen molar-refractivity contribution in [1.29, 1.82) is 0 Å². The van der Waals surface area contributed by atoms with Crippen LogP contribution in [0.25, 0.3) is 0 Å². The summed E-state index contributed by atoms with van der Waals surface area (Å²) in [5.74, 6) is 0.0892. The number of ether oxygens (including phenoxy) is 1. The highest BCUT2D eigenvalue weighted by atomic mass is 35.5. The molecule has 0 saturated carbocycles. The Morgan fingerprint density at radius 3 is 2.94 bits per heavy atom. The van der Waals surface area contributed by atoms with Crippen LogP contribution in [0.2, 0.25) is 10.0 Å². The summed E-state index contributed by atoms with van der Waals surface area (Å²) < 4.78 is 5.30. The van der Waals surface area contributed by atoms with Crippen molar-refractivity contribution in [2.24, 2.45) is 5.73 Å². The highest BCUT2D eigenvalue weighted by Crippen LogP contribution is 2.24. The number of halogens is 2. The summed E-state index contributed by atoms with van der Waals surface area (Å²) in [6, 6.07) is 1.05. The Hall–Kier alpha value is -1.04. The molecule has 1 atom stereocenters. The van der Waals surface area contributed by atoms with Gasteiger partial charge >= 0.3 is 0 Å². The van der Waals surface area contributed by atoms with Crippen molar-refractivity contribution in [3.05, 3.63) is 22.3 Å². The zero-order chi connectivity index (χ0) is 13.5. The molecule has 100 valence electrons. The molecular formula is C11H15Cl2N3O2. The molecule has 0 spiro atoms. The maximum Gasteiger partial charge on any atom is 0.237 e. The van der Waals surface area contributed by atoms with Crippen molar-refractivity contribution in [2.45, 2.75) is 19.4 Å². The molecule has 7 heteroatoms. The average molecular weight is 292 g/mol. The molecule has 1 amide bonds. The Morgan fingerprint density at radius 1 is 1.61 bits per heavy atom. The summed E-state index contributed by atoms with van der Waals surface area (Å²) >= 11 is 11.6. The fraction of sp³-hybridized carbons (Fsp3) is 0.455. The van der Waals surface area contributed by atoms with E-state index in [0.29, 0.717) is 23.0 Å². The highest BCUT2D eigenvalue weighted by molar-refractivity contribution is 6.35. The number of amides is 1. The molecule has 5 nitrogen and oxygen atoms in total. The van der Waals surface area contributed by atoms with E-state index in [1.165, 1.54) is 12.3 Å². The molecule has 0 aliphatic carbocycles. The Bertz CT molecular complexity index is 415. The second kappa shape index (κ2) is 7.41. The first-order valence-corrected chi connectivity index (χ1v) is 6.27. The molecule has 0 aliphatic heterocycles.